The zero-order valence-electron chi connectivity index (χ0n) is 54.3. The first-order chi connectivity index (χ1) is 49.6. The highest BCUT2D eigenvalue weighted by atomic mass is 15.0. The zero-order chi connectivity index (χ0) is 65.8. The normalized spacial score (nSPS) is 11.8. The zero-order valence-corrected chi connectivity index (χ0v) is 54.3. The van der Waals surface area contributed by atoms with E-state index in [1.54, 1.807) is 0 Å². The van der Waals surface area contributed by atoms with Crippen molar-refractivity contribution in [2.24, 2.45) is 0 Å². The highest BCUT2D eigenvalue weighted by Crippen LogP contribution is 2.41. The summed E-state index contributed by atoms with van der Waals surface area (Å²) in [6.45, 7) is 0. The molecular weight excluding hydrogens is 1210 g/mol. The number of rotatable bonds is 11. The standard InChI is InChI=1S/C94H60N6/c1-9-28-87-75(20-1)76-21-2-10-29-88(76)97(87)71-48-40-63(41-49-71)83-57-69(58-84(95-83)64-42-50-72(51-43-64)98-89-30-11-3-22-77(89)78-23-4-12-31-90(78)98)62-38-36-61(37-39-62)67-18-17-19-68(56-67)70-59-85(65-44-52-73(53-45-65)99-91-32-13-5-24-79(91)80-25-6-14-33-92(80)99)96-86(60-70)66-46-54-74(55-47-66)100-93-34-15-7-26-81(93)82-27-8-16-35-94(82)100/h1-60H. The van der Waals surface area contributed by atoms with Crippen LogP contribution in [0.25, 0.3) is 188 Å². The molecule has 466 valence electrons. The van der Waals surface area contributed by atoms with Crippen LogP contribution in [0.15, 0.2) is 364 Å². The summed E-state index contributed by atoms with van der Waals surface area (Å²) in [7, 11) is 0. The summed E-state index contributed by atoms with van der Waals surface area (Å²) in [6.07, 6.45) is 0. The summed E-state index contributed by atoms with van der Waals surface area (Å²) in [5.74, 6) is 0. The summed E-state index contributed by atoms with van der Waals surface area (Å²) < 4.78 is 9.47. The minimum atomic E-state index is 0.900. The van der Waals surface area contributed by atoms with Crippen LogP contribution in [0.1, 0.15) is 0 Å². The molecule has 6 aromatic heterocycles. The van der Waals surface area contributed by atoms with E-state index in [1.165, 1.54) is 87.2 Å². The van der Waals surface area contributed by atoms with Gasteiger partial charge in [0.15, 0.2) is 0 Å². The first kappa shape index (κ1) is 56.9. The largest absolute Gasteiger partial charge is 0.309 e. The molecule has 0 saturated carbocycles. The maximum atomic E-state index is 5.50. The molecule has 0 atom stereocenters. The third kappa shape index (κ3) is 9.41. The number of aromatic nitrogens is 6. The first-order valence-corrected chi connectivity index (χ1v) is 34.2. The van der Waals surface area contributed by atoms with Gasteiger partial charge in [-0.05, 0) is 161 Å². The van der Waals surface area contributed by atoms with Crippen LogP contribution in [0.4, 0.5) is 0 Å². The summed E-state index contributed by atoms with van der Waals surface area (Å²) >= 11 is 0. The lowest BCUT2D eigenvalue weighted by Gasteiger charge is -2.14. The molecule has 6 heterocycles. The smallest absolute Gasteiger partial charge is 0.0715 e. The highest BCUT2D eigenvalue weighted by molar-refractivity contribution is 6.12. The Kier molecular flexibility index (Phi) is 13.2. The Balaban J connectivity index is 0.667. The lowest BCUT2D eigenvalue weighted by molar-refractivity contribution is 1.18. The van der Waals surface area contributed by atoms with Crippen molar-refractivity contribution in [1.29, 1.82) is 0 Å². The fraction of sp³-hybridized carbons (Fsp3) is 0. The lowest BCUT2D eigenvalue weighted by Crippen LogP contribution is -1.96. The summed E-state index contributed by atoms with van der Waals surface area (Å²) in [5, 5.41) is 9.93. The molecule has 0 aliphatic rings. The van der Waals surface area contributed by atoms with Crippen molar-refractivity contribution in [3.8, 4) is 101 Å². The van der Waals surface area contributed by atoms with E-state index in [-0.39, 0.29) is 0 Å². The third-order valence-corrected chi connectivity index (χ3v) is 20.4. The second kappa shape index (κ2) is 23.2. The quantitative estimate of drug-likeness (QED) is 0.130. The Morgan fingerprint density at radius 2 is 0.330 bits per heavy atom. The van der Waals surface area contributed by atoms with Gasteiger partial charge in [0.2, 0.25) is 0 Å². The summed E-state index contributed by atoms with van der Waals surface area (Å²) in [6, 6.07) is 132. The predicted octanol–water partition coefficient (Wildman–Crippen LogP) is 24.5. The van der Waals surface area contributed by atoms with Crippen LogP contribution in [0.5, 0.6) is 0 Å². The lowest BCUT2D eigenvalue weighted by atomic mass is 9.95. The Hall–Kier alpha value is -13.4. The minimum Gasteiger partial charge on any atom is -0.309 e. The molecule has 0 N–H and O–H groups in total. The molecule has 0 aliphatic carbocycles. The topological polar surface area (TPSA) is 45.5 Å². The van der Waals surface area contributed by atoms with Gasteiger partial charge in [-0.2, -0.15) is 0 Å². The van der Waals surface area contributed by atoms with Crippen LogP contribution in [0.3, 0.4) is 0 Å². The number of hydrogen-bond donors (Lipinski definition) is 0. The average molecular weight is 1270 g/mol. The van der Waals surface area contributed by atoms with Crippen molar-refractivity contribution in [2.45, 2.75) is 0 Å². The second-order valence-electron chi connectivity index (χ2n) is 26.1. The van der Waals surface area contributed by atoms with Gasteiger partial charge >= 0.3 is 0 Å². The van der Waals surface area contributed by atoms with Crippen LogP contribution >= 0.6 is 0 Å². The molecule has 20 rings (SSSR count). The predicted molar refractivity (Wildman–Crippen MR) is 417 cm³/mol. The maximum Gasteiger partial charge on any atom is 0.0715 e. The van der Waals surface area contributed by atoms with Gasteiger partial charge in [-0.25, -0.2) is 9.97 Å². The van der Waals surface area contributed by atoms with E-state index in [0.29, 0.717) is 0 Å². The van der Waals surface area contributed by atoms with Gasteiger partial charge in [0.1, 0.15) is 0 Å². The van der Waals surface area contributed by atoms with E-state index in [2.05, 4.69) is 382 Å². The fourth-order valence-electron chi connectivity index (χ4n) is 15.6. The molecule has 0 aliphatic heterocycles. The first-order valence-electron chi connectivity index (χ1n) is 34.2. The molecule has 100 heavy (non-hydrogen) atoms. The van der Waals surface area contributed by atoms with Crippen LogP contribution < -0.4 is 0 Å². The number of hydrogen-bond acceptors (Lipinski definition) is 2. The van der Waals surface area contributed by atoms with Gasteiger partial charge in [0, 0.05) is 88.1 Å². The third-order valence-electron chi connectivity index (χ3n) is 20.4. The van der Waals surface area contributed by atoms with E-state index in [4.69, 9.17) is 9.97 Å². The molecule has 0 unspecified atom stereocenters. The monoisotopic (exact) mass is 1270 g/mol. The van der Waals surface area contributed by atoms with Crippen LogP contribution in [0, 0.1) is 0 Å². The van der Waals surface area contributed by atoms with Crippen molar-refractivity contribution in [3.63, 3.8) is 0 Å². The molecule has 0 fully saturated rings. The molecular formula is C94H60N6. The van der Waals surface area contributed by atoms with Crippen molar-refractivity contribution >= 4 is 87.2 Å². The van der Waals surface area contributed by atoms with Gasteiger partial charge in [0.05, 0.1) is 66.9 Å². The number of benzene rings is 14. The van der Waals surface area contributed by atoms with Crippen LogP contribution in [-0.2, 0) is 0 Å². The van der Waals surface area contributed by atoms with E-state index >= 15 is 0 Å². The van der Waals surface area contributed by atoms with Crippen LogP contribution in [0.2, 0.25) is 0 Å². The molecule has 0 radical (unpaired) electrons. The molecule has 0 saturated heterocycles. The van der Waals surface area contributed by atoms with E-state index in [9.17, 15) is 0 Å². The molecule has 6 nitrogen and oxygen atoms in total. The van der Waals surface area contributed by atoms with Crippen LogP contribution in [-0.4, -0.2) is 28.2 Å². The van der Waals surface area contributed by atoms with Crippen molar-refractivity contribution in [3.05, 3.63) is 364 Å². The Labute approximate surface area is 577 Å². The number of fused-ring (bicyclic) bond motifs is 12. The van der Waals surface area contributed by atoms with Gasteiger partial charge in [-0.15, -0.1) is 0 Å². The SMILES string of the molecule is c1cc(-c2ccc(-c3cc(-c4ccc(-n5c6ccccc6c6ccccc65)cc4)nc(-c4ccc(-n5c6ccccc6c6ccccc65)cc4)c3)cc2)cc(-c2cc(-c3ccc(-n4c5ccccc5c5ccccc54)cc3)nc(-c3ccc(-n4c5ccccc5c5ccccc54)cc3)c2)c1. The number of para-hydroxylation sites is 8. The van der Waals surface area contributed by atoms with Crippen molar-refractivity contribution in [1.82, 2.24) is 28.2 Å². The van der Waals surface area contributed by atoms with Gasteiger partial charge in [-0.3, -0.25) is 0 Å². The minimum absolute atomic E-state index is 0.900. The summed E-state index contributed by atoms with van der Waals surface area (Å²) in [4.78, 5) is 11.0. The molecule has 0 spiro atoms. The van der Waals surface area contributed by atoms with E-state index < -0.39 is 0 Å². The fourth-order valence-corrected chi connectivity index (χ4v) is 15.6. The number of pyridine rings is 2. The van der Waals surface area contributed by atoms with Gasteiger partial charge in [-0.1, -0.05) is 237 Å². The average Bonchev–Trinajstić information content (AvgIpc) is 1.59. The molecule has 6 heteroatoms. The Morgan fingerprint density at radius 3 is 0.570 bits per heavy atom. The molecule has 20 aromatic rings. The van der Waals surface area contributed by atoms with Gasteiger partial charge < -0.3 is 18.3 Å². The molecule has 0 amide bonds. The van der Waals surface area contributed by atoms with Crippen molar-refractivity contribution < 1.29 is 0 Å². The molecule has 0 bridgehead atoms. The number of nitrogens with zero attached hydrogens (tertiary/aromatic N) is 6. The highest BCUT2D eigenvalue weighted by Gasteiger charge is 2.20. The van der Waals surface area contributed by atoms with Gasteiger partial charge in [0.25, 0.3) is 0 Å². The second-order valence-corrected chi connectivity index (χ2v) is 26.1. The van der Waals surface area contributed by atoms with E-state index in [0.717, 1.165) is 101 Å². The maximum absolute atomic E-state index is 5.50. The van der Waals surface area contributed by atoms with E-state index in [1.807, 2.05) is 0 Å². The van der Waals surface area contributed by atoms with Crippen molar-refractivity contribution in [2.75, 3.05) is 0 Å². The Morgan fingerprint density at radius 1 is 0.140 bits per heavy atom. The molecule has 14 aromatic carbocycles. The Bertz CT molecular complexity index is 6040. The summed E-state index contributed by atoms with van der Waals surface area (Å²) in [5.41, 5.74) is 28.2.